The number of nitrogens with zero attached hydrogens (tertiary/aromatic N) is 1. The molecule has 0 saturated carbocycles. The molecule has 22 heavy (non-hydrogen) atoms. The lowest BCUT2D eigenvalue weighted by molar-refractivity contribution is 0.0483. The summed E-state index contributed by atoms with van der Waals surface area (Å²) in [5.41, 5.74) is -0.422. The van der Waals surface area contributed by atoms with Gasteiger partial charge in [-0.15, -0.1) is 0 Å². The summed E-state index contributed by atoms with van der Waals surface area (Å²) in [6.45, 7) is 7.27. The predicted octanol–water partition coefficient (Wildman–Crippen LogP) is 2.51. The number of amides is 1. The van der Waals surface area contributed by atoms with Crippen LogP contribution < -0.4 is 10.6 Å². The molecular weight excluding hydrogens is 278 g/mol. The summed E-state index contributed by atoms with van der Waals surface area (Å²) in [6, 6.07) is 2.18. The molecule has 2 rings (SSSR count). The van der Waals surface area contributed by atoms with Crippen LogP contribution in [0.3, 0.4) is 0 Å². The van der Waals surface area contributed by atoms with E-state index in [1.54, 1.807) is 0 Å². The molecule has 2 unspecified atom stereocenters. The highest BCUT2D eigenvalue weighted by molar-refractivity contribution is 5.67. The van der Waals surface area contributed by atoms with Crippen molar-refractivity contribution < 1.29 is 9.53 Å². The van der Waals surface area contributed by atoms with Gasteiger partial charge >= 0.3 is 6.09 Å². The molecule has 5 nitrogen and oxygen atoms in total. The summed E-state index contributed by atoms with van der Waals surface area (Å²) in [4.78, 5) is 14.1. The van der Waals surface area contributed by atoms with Crippen LogP contribution in [0.25, 0.3) is 0 Å². The summed E-state index contributed by atoms with van der Waals surface area (Å²) in [6.07, 6.45) is 7.27. The fourth-order valence-corrected chi connectivity index (χ4v) is 3.68. The van der Waals surface area contributed by atoms with Crippen molar-refractivity contribution >= 4 is 6.09 Å². The molecule has 2 bridgehead atoms. The van der Waals surface area contributed by atoms with Gasteiger partial charge in [0.15, 0.2) is 0 Å². The molecule has 0 radical (unpaired) electrons. The van der Waals surface area contributed by atoms with Gasteiger partial charge in [0.2, 0.25) is 0 Å². The first-order chi connectivity index (χ1) is 10.3. The summed E-state index contributed by atoms with van der Waals surface area (Å²) in [5.74, 6) is 0. The molecule has 2 saturated heterocycles. The Morgan fingerprint density at radius 3 is 2.41 bits per heavy atom. The fraction of sp³-hybridized carbons (Fsp3) is 0.941. The molecule has 2 N–H and O–H groups in total. The summed E-state index contributed by atoms with van der Waals surface area (Å²) in [7, 11) is 2.29. The number of fused-ring (bicyclic) bond motifs is 2. The number of piperidine rings is 2. The number of ether oxygens (including phenoxy) is 1. The van der Waals surface area contributed by atoms with Crippen LogP contribution in [0.5, 0.6) is 0 Å². The zero-order chi connectivity index (χ0) is 16.2. The molecule has 128 valence electrons. The SMILES string of the molecule is CN1C2CCCC1CC(NCCCNC(=O)OC(C)(C)C)C2. The third kappa shape index (κ3) is 5.43. The number of nitrogens with one attached hydrogen (secondary N) is 2. The smallest absolute Gasteiger partial charge is 0.407 e. The number of carbonyl (C=O) groups is 1. The van der Waals surface area contributed by atoms with E-state index in [2.05, 4.69) is 22.6 Å². The first-order valence-electron chi connectivity index (χ1n) is 8.77. The van der Waals surface area contributed by atoms with E-state index in [0.29, 0.717) is 12.6 Å². The second-order valence-corrected chi connectivity index (χ2v) is 7.81. The van der Waals surface area contributed by atoms with E-state index >= 15 is 0 Å². The summed E-state index contributed by atoms with van der Waals surface area (Å²) >= 11 is 0. The van der Waals surface area contributed by atoms with Crippen molar-refractivity contribution in [2.24, 2.45) is 0 Å². The quantitative estimate of drug-likeness (QED) is 0.766. The monoisotopic (exact) mass is 311 g/mol. The zero-order valence-electron chi connectivity index (χ0n) is 14.7. The highest BCUT2D eigenvalue weighted by Crippen LogP contribution is 2.32. The van der Waals surface area contributed by atoms with E-state index in [9.17, 15) is 4.79 Å². The van der Waals surface area contributed by atoms with E-state index in [4.69, 9.17) is 4.74 Å². The second kappa shape index (κ2) is 7.64. The highest BCUT2D eigenvalue weighted by atomic mass is 16.6. The maximum absolute atomic E-state index is 11.5. The average Bonchev–Trinajstić information content (AvgIpc) is 2.37. The van der Waals surface area contributed by atoms with Crippen LogP contribution in [0, 0.1) is 0 Å². The van der Waals surface area contributed by atoms with Crippen molar-refractivity contribution in [3.63, 3.8) is 0 Å². The van der Waals surface area contributed by atoms with Gasteiger partial charge < -0.3 is 20.3 Å². The van der Waals surface area contributed by atoms with Crippen molar-refractivity contribution in [2.75, 3.05) is 20.1 Å². The molecule has 0 aliphatic carbocycles. The molecular formula is C17H33N3O2. The van der Waals surface area contributed by atoms with Gasteiger partial charge in [-0.3, -0.25) is 0 Å². The van der Waals surface area contributed by atoms with E-state index < -0.39 is 5.60 Å². The number of alkyl carbamates (subject to hydrolysis) is 1. The van der Waals surface area contributed by atoms with Gasteiger partial charge in [0.25, 0.3) is 0 Å². The Balaban J connectivity index is 1.57. The van der Waals surface area contributed by atoms with Crippen molar-refractivity contribution in [3.8, 4) is 0 Å². The minimum atomic E-state index is -0.422. The number of hydrogen-bond acceptors (Lipinski definition) is 4. The number of hydrogen-bond donors (Lipinski definition) is 2. The molecule has 2 aliphatic heterocycles. The van der Waals surface area contributed by atoms with Crippen LogP contribution in [0.4, 0.5) is 4.79 Å². The molecule has 2 atom stereocenters. The van der Waals surface area contributed by atoms with E-state index in [0.717, 1.165) is 25.0 Å². The normalized spacial score (nSPS) is 29.2. The lowest BCUT2D eigenvalue weighted by atomic mass is 9.82. The molecule has 0 aromatic heterocycles. The largest absolute Gasteiger partial charge is 0.444 e. The molecule has 1 amide bonds. The minimum absolute atomic E-state index is 0.318. The van der Waals surface area contributed by atoms with Crippen LogP contribution >= 0.6 is 0 Å². The average molecular weight is 311 g/mol. The lowest BCUT2D eigenvalue weighted by Crippen LogP contribution is -2.54. The van der Waals surface area contributed by atoms with Gasteiger partial charge in [-0.2, -0.15) is 0 Å². The summed E-state index contributed by atoms with van der Waals surface area (Å²) in [5, 5.41) is 6.49. The van der Waals surface area contributed by atoms with E-state index in [1.165, 1.54) is 32.1 Å². The Labute approximate surface area is 135 Å². The molecule has 2 fully saturated rings. The molecule has 0 spiro atoms. The molecule has 5 heteroatoms. The number of carbonyl (C=O) groups excluding carboxylic acids is 1. The van der Waals surface area contributed by atoms with Crippen LogP contribution in [0.1, 0.15) is 59.3 Å². The van der Waals surface area contributed by atoms with Gasteiger partial charge in [-0.1, -0.05) is 6.42 Å². The first kappa shape index (κ1) is 17.5. The third-order valence-corrected chi connectivity index (χ3v) is 4.79. The van der Waals surface area contributed by atoms with Crippen molar-refractivity contribution in [1.29, 1.82) is 0 Å². The Kier molecular flexibility index (Phi) is 6.09. The Morgan fingerprint density at radius 1 is 1.18 bits per heavy atom. The molecule has 0 aromatic carbocycles. The van der Waals surface area contributed by atoms with Crippen molar-refractivity contribution in [1.82, 2.24) is 15.5 Å². The maximum Gasteiger partial charge on any atom is 0.407 e. The van der Waals surface area contributed by atoms with Crippen LogP contribution in [-0.2, 0) is 4.74 Å². The first-order valence-corrected chi connectivity index (χ1v) is 8.77. The van der Waals surface area contributed by atoms with E-state index in [-0.39, 0.29) is 6.09 Å². The number of rotatable bonds is 5. The van der Waals surface area contributed by atoms with Gasteiger partial charge in [-0.05, 0) is 66.5 Å². The van der Waals surface area contributed by atoms with Crippen LogP contribution in [0.2, 0.25) is 0 Å². The minimum Gasteiger partial charge on any atom is -0.444 e. The Morgan fingerprint density at radius 2 is 1.82 bits per heavy atom. The lowest BCUT2D eigenvalue weighted by Gasteiger charge is -2.47. The summed E-state index contributed by atoms with van der Waals surface area (Å²) < 4.78 is 5.22. The van der Waals surface area contributed by atoms with E-state index in [1.807, 2.05) is 20.8 Å². The Bertz CT molecular complexity index is 353. The van der Waals surface area contributed by atoms with Gasteiger partial charge in [0, 0.05) is 24.7 Å². The molecule has 2 aliphatic rings. The van der Waals surface area contributed by atoms with Crippen LogP contribution in [0.15, 0.2) is 0 Å². The van der Waals surface area contributed by atoms with Crippen molar-refractivity contribution in [3.05, 3.63) is 0 Å². The van der Waals surface area contributed by atoms with Gasteiger partial charge in [0.1, 0.15) is 5.60 Å². The van der Waals surface area contributed by atoms with Crippen molar-refractivity contribution in [2.45, 2.75) is 83.0 Å². The fourth-order valence-electron chi connectivity index (χ4n) is 3.68. The molecule has 2 heterocycles. The van der Waals surface area contributed by atoms with Gasteiger partial charge in [0.05, 0.1) is 0 Å². The standard InChI is InChI=1S/C17H33N3O2/c1-17(2,3)22-16(21)19-10-6-9-18-13-11-14-7-5-8-15(12-13)20(14)4/h13-15,18H,5-12H2,1-4H3,(H,19,21). The van der Waals surface area contributed by atoms with Gasteiger partial charge in [-0.25, -0.2) is 4.79 Å². The maximum atomic E-state index is 11.5. The second-order valence-electron chi connectivity index (χ2n) is 7.81. The third-order valence-electron chi connectivity index (χ3n) is 4.79. The van der Waals surface area contributed by atoms with Crippen LogP contribution in [-0.4, -0.2) is 54.9 Å². The highest BCUT2D eigenvalue weighted by Gasteiger charge is 2.35. The molecule has 0 aromatic rings. The topological polar surface area (TPSA) is 53.6 Å². The zero-order valence-corrected chi connectivity index (χ0v) is 14.7. The Hall–Kier alpha value is -0.810. The predicted molar refractivity (Wildman–Crippen MR) is 89.1 cm³/mol.